The summed E-state index contributed by atoms with van der Waals surface area (Å²) in [4.78, 5) is 33.9. The molecule has 0 aliphatic carbocycles. The summed E-state index contributed by atoms with van der Waals surface area (Å²) in [5.41, 5.74) is 5.83. The highest BCUT2D eigenvalue weighted by Gasteiger charge is 2.29. The molecule has 0 bridgehead atoms. The van der Waals surface area contributed by atoms with E-state index < -0.39 is 27.9 Å². The molecule has 136 valence electrons. The number of carbonyl (C=O) groups excluding carboxylic acids is 2. The SMILES string of the molecule is NC(=O)CC[C@@H](NS(=O)(=O)c1ccc2c3c(cccc13)C(=O)N2)C(=O)O. The van der Waals surface area contributed by atoms with Crippen LogP contribution in [0.4, 0.5) is 5.69 Å². The fourth-order valence-corrected chi connectivity index (χ4v) is 4.29. The molecule has 1 aliphatic heterocycles. The van der Waals surface area contributed by atoms with Gasteiger partial charge in [-0.25, -0.2) is 8.42 Å². The van der Waals surface area contributed by atoms with Gasteiger partial charge in [-0.2, -0.15) is 4.72 Å². The number of amides is 2. The van der Waals surface area contributed by atoms with E-state index in [4.69, 9.17) is 5.73 Å². The van der Waals surface area contributed by atoms with Crippen molar-refractivity contribution in [3.63, 3.8) is 0 Å². The van der Waals surface area contributed by atoms with Crippen molar-refractivity contribution in [2.75, 3.05) is 5.32 Å². The third-order valence-corrected chi connectivity index (χ3v) is 5.59. The van der Waals surface area contributed by atoms with Gasteiger partial charge < -0.3 is 16.2 Å². The van der Waals surface area contributed by atoms with Gasteiger partial charge in [0.05, 0.1) is 4.90 Å². The Bertz CT molecular complexity index is 1050. The summed E-state index contributed by atoms with van der Waals surface area (Å²) < 4.78 is 27.6. The molecule has 9 nitrogen and oxygen atoms in total. The molecule has 10 heteroatoms. The predicted molar refractivity (Wildman–Crippen MR) is 92.1 cm³/mol. The first-order valence-corrected chi connectivity index (χ1v) is 9.09. The fraction of sp³-hybridized carbons (Fsp3) is 0.188. The van der Waals surface area contributed by atoms with Gasteiger partial charge in [0, 0.05) is 28.4 Å². The highest BCUT2D eigenvalue weighted by atomic mass is 32.2. The van der Waals surface area contributed by atoms with E-state index in [1.807, 2.05) is 0 Å². The molecule has 0 saturated carbocycles. The van der Waals surface area contributed by atoms with Gasteiger partial charge in [-0.1, -0.05) is 12.1 Å². The maximum atomic E-state index is 12.7. The van der Waals surface area contributed by atoms with E-state index in [2.05, 4.69) is 10.0 Å². The van der Waals surface area contributed by atoms with Gasteiger partial charge in [-0.15, -0.1) is 0 Å². The first kappa shape index (κ1) is 17.8. The molecule has 5 N–H and O–H groups in total. The lowest BCUT2D eigenvalue weighted by molar-refractivity contribution is -0.139. The number of carboxylic acids is 1. The van der Waals surface area contributed by atoms with Crippen LogP contribution >= 0.6 is 0 Å². The number of hydrogen-bond acceptors (Lipinski definition) is 5. The Balaban J connectivity index is 2.03. The van der Waals surface area contributed by atoms with Crippen LogP contribution < -0.4 is 15.8 Å². The van der Waals surface area contributed by atoms with Crippen LogP contribution in [0.1, 0.15) is 23.2 Å². The number of rotatable bonds is 7. The second-order valence-corrected chi connectivity index (χ2v) is 7.49. The summed E-state index contributed by atoms with van der Waals surface area (Å²) >= 11 is 0. The van der Waals surface area contributed by atoms with Crippen LogP contribution in [0.25, 0.3) is 10.8 Å². The Hall–Kier alpha value is -2.98. The molecule has 3 rings (SSSR count). The van der Waals surface area contributed by atoms with Crippen LogP contribution in [0.2, 0.25) is 0 Å². The molecule has 0 unspecified atom stereocenters. The van der Waals surface area contributed by atoms with Gasteiger partial charge in [-0.3, -0.25) is 14.4 Å². The number of carbonyl (C=O) groups is 3. The number of nitrogens with two attached hydrogens (primary N) is 1. The standard InChI is InChI=1S/C16H15N3O6S/c17-13(20)7-5-11(16(22)23)19-26(24,25)12-6-4-10-14-8(12)2-1-3-9(14)15(21)18-10/h1-4,6,11,19H,5,7H2,(H2,17,20)(H,18,21)(H,22,23)/t11-/m1/s1. The van der Waals surface area contributed by atoms with E-state index in [9.17, 15) is 27.9 Å². The highest BCUT2D eigenvalue weighted by molar-refractivity contribution is 7.89. The van der Waals surface area contributed by atoms with Crippen molar-refractivity contribution in [3.05, 3.63) is 35.9 Å². The van der Waals surface area contributed by atoms with E-state index >= 15 is 0 Å². The maximum Gasteiger partial charge on any atom is 0.321 e. The normalized spacial score (nSPS) is 14.2. The van der Waals surface area contributed by atoms with Crippen LogP contribution in [-0.2, 0) is 19.6 Å². The summed E-state index contributed by atoms with van der Waals surface area (Å²) in [7, 11) is -4.22. The number of benzene rings is 2. The molecule has 26 heavy (non-hydrogen) atoms. The summed E-state index contributed by atoms with van der Waals surface area (Å²) in [6, 6.07) is 5.90. The molecule has 2 aromatic carbocycles. The monoisotopic (exact) mass is 377 g/mol. The zero-order valence-electron chi connectivity index (χ0n) is 13.4. The summed E-state index contributed by atoms with van der Waals surface area (Å²) in [5, 5.41) is 12.6. The highest BCUT2D eigenvalue weighted by Crippen LogP contribution is 2.36. The van der Waals surface area contributed by atoms with Crippen molar-refractivity contribution in [3.8, 4) is 0 Å². The number of carboxylic acid groups (broad SMARTS) is 1. The van der Waals surface area contributed by atoms with Crippen molar-refractivity contribution in [2.45, 2.75) is 23.8 Å². The number of nitrogens with one attached hydrogen (secondary N) is 2. The average molecular weight is 377 g/mol. The third-order valence-electron chi connectivity index (χ3n) is 4.06. The Morgan fingerprint density at radius 2 is 1.96 bits per heavy atom. The molecule has 2 aromatic rings. The Morgan fingerprint density at radius 1 is 1.23 bits per heavy atom. The molecule has 0 spiro atoms. The van der Waals surface area contributed by atoms with Crippen LogP contribution in [0.3, 0.4) is 0 Å². The van der Waals surface area contributed by atoms with E-state index in [-0.39, 0.29) is 23.6 Å². The minimum atomic E-state index is -4.22. The van der Waals surface area contributed by atoms with E-state index in [0.717, 1.165) is 0 Å². The van der Waals surface area contributed by atoms with E-state index in [0.29, 0.717) is 22.0 Å². The lowest BCUT2D eigenvalue weighted by Crippen LogP contribution is -2.41. The minimum Gasteiger partial charge on any atom is -0.480 e. The fourth-order valence-electron chi connectivity index (χ4n) is 2.87. The zero-order valence-corrected chi connectivity index (χ0v) is 14.2. The van der Waals surface area contributed by atoms with Crippen molar-refractivity contribution in [2.24, 2.45) is 5.73 Å². The maximum absolute atomic E-state index is 12.7. The topological polar surface area (TPSA) is 156 Å². The van der Waals surface area contributed by atoms with Crippen molar-refractivity contribution < 1.29 is 27.9 Å². The van der Waals surface area contributed by atoms with Crippen molar-refractivity contribution >= 4 is 44.3 Å². The molecule has 0 saturated heterocycles. The lowest BCUT2D eigenvalue weighted by atomic mass is 10.1. The minimum absolute atomic E-state index is 0.153. The number of aliphatic carboxylic acids is 1. The van der Waals surface area contributed by atoms with Crippen LogP contribution in [0.15, 0.2) is 35.2 Å². The molecular weight excluding hydrogens is 362 g/mol. The molecular formula is C16H15N3O6S. The molecule has 0 radical (unpaired) electrons. The summed E-state index contributed by atoms with van der Waals surface area (Å²) in [6.07, 6.45) is -0.549. The number of hydrogen-bond donors (Lipinski definition) is 4. The number of anilines is 1. The van der Waals surface area contributed by atoms with Crippen LogP contribution in [0, 0.1) is 0 Å². The second kappa shape index (κ2) is 6.39. The first-order chi connectivity index (χ1) is 12.2. The lowest BCUT2D eigenvalue weighted by Gasteiger charge is -2.15. The smallest absolute Gasteiger partial charge is 0.321 e. The Labute approximate surface area is 148 Å². The van der Waals surface area contributed by atoms with E-state index in [1.165, 1.54) is 18.2 Å². The molecule has 0 aromatic heterocycles. The molecule has 1 heterocycles. The van der Waals surface area contributed by atoms with Gasteiger partial charge in [-0.05, 0) is 24.6 Å². The second-order valence-electron chi connectivity index (χ2n) is 5.81. The van der Waals surface area contributed by atoms with Crippen LogP contribution in [0.5, 0.6) is 0 Å². The summed E-state index contributed by atoms with van der Waals surface area (Å²) in [6.45, 7) is 0. The molecule has 2 amide bonds. The quantitative estimate of drug-likeness (QED) is 0.547. The zero-order chi connectivity index (χ0) is 19.1. The largest absolute Gasteiger partial charge is 0.480 e. The molecule has 0 fully saturated rings. The van der Waals surface area contributed by atoms with Crippen molar-refractivity contribution in [1.29, 1.82) is 0 Å². The Morgan fingerprint density at radius 3 is 2.62 bits per heavy atom. The average Bonchev–Trinajstić information content (AvgIpc) is 2.89. The van der Waals surface area contributed by atoms with Gasteiger partial charge >= 0.3 is 5.97 Å². The van der Waals surface area contributed by atoms with Gasteiger partial charge in [0.15, 0.2) is 0 Å². The third kappa shape index (κ3) is 3.11. The van der Waals surface area contributed by atoms with Crippen molar-refractivity contribution in [1.82, 2.24) is 4.72 Å². The predicted octanol–water partition coefficient (Wildman–Crippen LogP) is 0.402. The Kier molecular flexibility index (Phi) is 4.38. The van der Waals surface area contributed by atoms with Gasteiger partial charge in [0.1, 0.15) is 6.04 Å². The summed E-state index contributed by atoms with van der Waals surface area (Å²) in [5.74, 6) is -2.49. The first-order valence-electron chi connectivity index (χ1n) is 7.61. The van der Waals surface area contributed by atoms with Crippen LogP contribution in [-0.4, -0.2) is 37.3 Å². The molecule has 1 aliphatic rings. The van der Waals surface area contributed by atoms with Gasteiger partial charge in [0.25, 0.3) is 5.91 Å². The molecule has 1 atom stereocenters. The van der Waals surface area contributed by atoms with E-state index in [1.54, 1.807) is 12.1 Å². The number of primary amides is 1. The van der Waals surface area contributed by atoms with Gasteiger partial charge in [0.2, 0.25) is 15.9 Å². The number of sulfonamides is 1.